The van der Waals surface area contributed by atoms with E-state index in [0.29, 0.717) is 6.61 Å². The van der Waals surface area contributed by atoms with Crippen molar-refractivity contribution in [1.29, 1.82) is 0 Å². The Hall–Kier alpha value is -2.17. The first-order valence-corrected chi connectivity index (χ1v) is 7.42. The van der Waals surface area contributed by atoms with Crippen LogP contribution in [0.5, 0.6) is 0 Å². The van der Waals surface area contributed by atoms with Gasteiger partial charge in [0.05, 0.1) is 12.6 Å². The van der Waals surface area contributed by atoms with Crippen LogP contribution >= 0.6 is 0 Å². The van der Waals surface area contributed by atoms with E-state index < -0.39 is 12.1 Å². The van der Waals surface area contributed by atoms with Gasteiger partial charge in [0.25, 0.3) is 0 Å². The van der Waals surface area contributed by atoms with Crippen LogP contribution < -0.4 is 5.73 Å². The van der Waals surface area contributed by atoms with Gasteiger partial charge in [0.2, 0.25) is 5.91 Å². The minimum Gasteiger partial charge on any atom is -0.369 e. The molecule has 114 valence electrons. The van der Waals surface area contributed by atoms with Crippen molar-refractivity contribution in [2.75, 3.05) is 13.7 Å². The minimum absolute atomic E-state index is 0.0970. The predicted molar refractivity (Wildman–Crippen MR) is 85.1 cm³/mol. The van der Waals surface area contributed by atoms with Crippen LogP contribution in [0.4, 0.5) is 0 Å². The number of amides is 1. The Bertz CT molecular complexity index is 575. The molecule has 2 aromatic carbocycles. The molecule has 3 unspecified atom stereocenters. The Morgan fingerprint density at radius 1 is 1.00 bits per heavy atom. The van der Waals surface area contributed by atoms with Crippen molar-refractivity contribution < 1.29 is 9.53 Å². The molecule has 4 heteroatoms. The molecule has 3 rings (SSSR count). The van der Waals surface area contributed by atoms with Crippen LogP contribution in [-0.2, 0) is 9.53 Å². The van der Waals surface area contributed by atoms with Gasteiger partial charge in [-0.25, -0.2) is 0 Å². The lowest BCUT2D eigenvalue weighted by atomic mass is 10.0. The van der Waals surface area contributed by atoms with Crippen molar-refractivity contribution >= 4 is 5.91 Å². The van der Waals surface area contributed by atoms with Crippen molar-refractivity contribution in [2.24, 2.45) is 5.73 Å². The Balaban J connectivity index is 1.90. The molecule has 1 amide bonds. The fourth-order valence-corrected chi connectivity index (χ4v) is 2.87. The second-order valence-corrected chi connectivity index (χ2v) is 5.57. The Kier molecular flexibility index (Phi) is 4.22. The summed E-state index contributed by atoms with van der Waals surface area (Å²) >= 11 is 0. The molecule has 1 fully saturated rings. The van der Waals surface area contributed by atoms with Crippen LogP contribution in [-0.4, -0.2) is 30.5 Å². The van der Waals surface area contributed by atoms with Gasteiger partial charge in [0, 0.05) is 7.05 Å². The maximum absolute atomic E-state index is 12.6. The first kappa shape index (κ1) is 14.8. The Morgan fingerprint density at radius 3 is 2.14 bits per heavy atom. The van der Waals surface area contributed by atoms with Gasteiger partial charge >= 0.3 is 0 Å². The van der Waals surface area contributed by atoms with Gasteiger partial charge in [0.15, 0.2) is 0 Å². The van der Waals surface area contributed by atoms with Crippen molar-refractivity contribution in [3.05, 3.63) is 71.8 Å². The lowest BCUT2D eigenvalue weighted by Gasteiger charge is -2.26. The largest absolute Gasteiger partial charge is 0.369 e. The number of hydrogen-bond acceptors (Lipinski definition) is 3. The van der Waals surface area contributed by atoms with Gasteiger partial charge in [-0.1, -0.05) is 60.7 Å². The van der Waals surface area contributed by atoms with Crippen LogP contribution in [0.15, 0.2) is 60.7 Å². The lowest BCUT2D eigenvalue weighted by molar-refractivity contribution is -0.133. The lowest BCUT2D eigenvalue weighted by Crippen LogP contribution is -2.44. The van der Waals surface area contributed by atoms with Gasteiger partial charge in [-0.15, -0.1) is 0 Å². The molecular weight excluding hydrogens is 276 g/mol. The standard InChI is InChI=1S/C18H20N2O2/c1-20-15(13-8-4-2-5-9-13)12-22-17(16(19)18(20)21)14-10-6-3-7-11-14/h2-11,15-17H,12,19H2,1H3. The minimum atomic E-state index is -0.693. The van der Waals surface area contributed by atoms with Crippen LogP contribution in [0.1, 0.15) is 23.3 Å². The van der Waals surface area contributed by atoms with E-state index in [1.807, 2.05) is 60.7 Å². The molecule has 2 aromatic rings. The summed E-state index contributed by atoms with van der Waals surface area (Å²) < 4.78 is 6.02. The highest BCUT2D eigenvalue weighted by Crippen LogP contribution is 2.30. The number of rotatable bonds is 2. The molecule has 1 aliphatic rings. The summed E-state index contributed by atoms with van der Waals surface area (Å²) in [6.45, 7) is 0.430. The highest BCUT2D eigenvalue weighted by Gasteiger charge is 2.36. The third-order valence-electron chi connectivity index (χ3n) is 4.17. The van der Waals surface area contributed by atoms with Crippen molar-refractivity contribution in [3.63, 3.8) is 0 Å². The van der Waals surface area contributed by atoms with Gasteiger partial charge < -0.3 is 15.4 Å². The Labute approximate surface area is 130 Å². The molecule has 0 bridgehead atoms. The third-order valence-corrected chi connectivity index (χ3v) is 4.17. The molecule has 0 radical (unpaired) electrons. The zero-order valence-corrected chi connectivity index (χ0v) is 12.6. The molecule has 1 heterocycles. The van der Waals surface area contributed by atoms with Gasteiger partial charge in [-0.05, 0) is 11.1 Å². The van der Waals surface area contributed by atoms with E-state index in [-0.39, 0.29) is 11.9 Å². The fourth-order valence-electron chi connectivity index (χ4n) is 2.87. The zero-order valence-electron chi connectivity index (χ0n) is 12.6. The first-order chi connectivity index (χ1) is 10.7. The second kappa shape index (κ2) is 6.30. The molecule has 0 aliphatic carbocycles. The van der Waals surface area contributed by atoms with E-state index in [0.717, 1.165) is 11.1 Å². The smallest absolute Gasteiger partial charge is 0.242 e. The van der Waals surface area contributed by atoms with Crippen LogP contribution in [0.25, 0.3) is 0 Å². The third kappa shape index (κ3) is 2.75. The summed E-state index contributed by atoms with van der Waals surface area (Å²) in [6.07, 6.45) is -0.412. The highest BCUT2D eigenvalue weighted by atomic mass is 16.5. The van der Waals surface area contributed by atoms with Crippen LogP contribution in [0.2, 0.25) is 0 Å². The van der Waals surface area contributed by atoms with Gasteiger partial charge in [-0.2, -0.15) is 0 Å². The predicted octanol–water partition coefficient (Wildman–Crippen LogP) is 2.28. The average Bonchev–Trinajstić information content (AvgIpc) is 2.68. The van der Waals surface area contributed by atoms with E-state index >= 15 is 0 Å². The van der Waals surface area contributed by atoms with E-state index in [1.165, 1.54) is 0 Å². The molecule has 0 saturated carbocycles. The molecule has 22 heavy (non-hydrogen) atoms. The summed E-state index contributed by atoms with van der Waals surface area (Å²) in [5.74, 6) is -0.0970. The highest BCUT2D eigenvalue weighted by molar-refractivity contribution is 5.83. The Morgan fingerprint density at radius 2 is 1.55 bits per heavy atom. The maximum atomic E-state index is 12.6. The van der Waals surface area contributed by atoms with Gasteiger partial charge in [0.1, 0.15) is 12.1 Å². The number of carbonyl (C=O) groups excluding carboxylic acids is 1. The molecule has 1 saturated heterocycles. The number of nitrogens with two attached hydrogens (primary N) is 1. The van der Waals surface area contributed by atoms with Crippen LogP contribution in [0, 0.1) is 0 Å². The van der Waals surface area contributed by atoms with E-state index in [9.17, 15) is 4.79 Å². The normalized spacial score (nSPS) is 25.8. The molecule has 1 aliphatic heterocycles. The zero-order chi connectivity index (χ0) is 15.5. The number of likely N-dealkylation sites (N-methyl/N-ethyl adjacent to an activating group) is 1. The number of benzene rings is 2. The monoisotopic (exact) mass is 296 g/mol. The maximum Gasteiger partial charge on any atom is 0.242 e. The van der Waals surface area contributed by atoms with E-state index in [2.05, 4.69) is 0 Å². The summed E-state index contributed by atoms with van der Waals surface area (Å²) in [5.41, 5.74) is 8.16. The topological polar surface area (TPSA) is 55.6 Å². The van der Waals surface area contributed by atoms with Crippen LogP contribution in [0.3, 0.4) is 0 Å². The summed E-state index contributed by atoms with van der Waals surface area (Å²) in [6, 6.07) is 18.8. The van der Waals surface area contributed by atoms with Crippen molar-refractivity contribution in [1.82, 2.24) is 4.90 Å². The SMILES string of the molecule is CN1C(=O)C(N)C(c2ccccc2)OCC1c1ccccc1. The first-order valence-electron chi connectivity index (χ1n) is 7.42. The van der Waals surface area contributed by atoms with E-state index in [1.54, 1.807) is 11.9 Å². The molecule has 0 aromatic heterocycles. The van der Waals surface area contributed by atoms with Crippen molar-refractivity contribution in [3.8, 4) is 0 Å². The number of carbonyl (C=O) groups is 1. The summed E-state index contributed by atoms with van der Waals surface area (Å²) in [4.78, 5) is 14.3. The molecular formula is C18H20N2O2. The molecule has 2 N–H and O–H groups in total. The summed E-state index contributed by atoms with van der Waals surface area (Å²) in [5, 5.41) is 0. The quantitative estimate of drug-likeness (QED) is 0.925. The molecule has 0 spiro atoms. The summed E-state index contributed by atoms with van der Waals surface area (Å²) in [7, 11) is 1.79. The molecule has 3 atom stereocenters. The second-order valence-electron chi connectivity index (χ2n) is 5.57. The fraction of sp³-hybridized carbons (Fsp3) is 0.278. The van der Waals surface area contributed by atoms with E-state index in [4.69, 9.17) is 10.5 Å². The van der Waals surface area contributed by atoms with Crippen molar-refractivity contribution in [2.45, 2.75) is 18.2 Å². The average molecular weight is 296 g/mol. The number of ether oxygens (including phenoxy) is 1. The molecule has 4 nitrogen and oxygen atoms in total. The number of nitrogens with zero attached hydrogens (tertiary/aromatic N) is 1. The number of hydrogen-bond donors (Lipinski definition) is 1. The van der Waals surface area contributed by atoms with Gasteiger partial charge in [-0.3, -0.25) is 4.79 Å².